The van der Waals surface area contributed by atoms with Gasteiger partial charge < -0.3 is 81.2 Å². The summed E-state index contributed by atoms with van der Waals surface area (Å²) < 4.78 is 71.5. The maximum atomic E-state index is 9.94. The van der Waals surface area contributed by atoms with Crippen molar-refractivity contribution in [1.82, 2.24) is 0 Å². The summed E-state index contributed by atoms with van der Waals surface area (Å²) in [5.74, 6) is -1.86. The lowest BCUT2D eigenvalue weighted by atomic mass is 10.6. The maximum Gasteiger partial charge on any atom is 0.282 e. The first-order chi connectivity index (χ1) is 17.5. The van der Waals surface area contributed by atoms with Crippen LogP contribution in [0.25, 0.3) is 0 Å². The molecule has 0 amide bonds. The van der Waals surface area contributed by atoms with Crippen LogP contribution in [0, 0.1) is 0 Å². The van der Waals surface area contributed by atoms with E-state index in [9.17, 15) is 5.11 Å². The Kier molecular flexibility index (Phi) is 26.9. The van der Waals surface area contributed by atoms with E-state index >= 15 is 0 Å². The fourth-order valence-electron chi connectivity index (χ4n) is 1.78. The summed E-state index contributed by atoms with van der Waals surface area (Å²) in [6.45, 7) is 1.99. The highest BCUT2D eigenvalue weighted by atomic mass is 31.1. The van der Waals surface area contributed by atoms with E-state index in [2.05, 4.69) is 9.47 Å². The number of rotatable bonds is 29. The molecule has 0 aliphatic carbocycles. The van der Waals surface area contributed by atoms with Gasteiger partial charge in [0, 0.05) is 24.5 Å². The van der Waals surface area contributed by atoms with Crippen LogP contribution >= 0.6 is 17.6 Å². The minimum Gasteiger partial charge on any atom is -0.371 e. The molecule has 218 valence electrons. The van der Waals surface area contributed by atoms with Crippen LogP contribution in [0.5, 0.6) is 0 Å². The van der Waals surface area contributed by atoms with Crippen LogP contribution in [0.4, 0.5) is 0 Å². The van der Waals surface area contributed by atoms with Gasteiger partial charge in [0.25, 0.3) is 5.97 Å². The van der Waals surface area contributed by atoms with Gasteiger partial charge in [0.2, 0.25) is 12.6 Å². The molecule has 3 N–H and O–H groups in total. The van der Waals surface area contributed by atoms with Crippen molar-refractivity contribution in [3.05, 3.63) is 0 Å². The van der Waals surface area contributed by atoms with Gasteiger partial charge in [0.05, 0.1) is 0 Å². The summed E-state index contributed by atoms with van der Waals surface area (Å²) in [6, 6.07) is 0. The largest absolute Gasteiger partial charge is 0.371 e. The third kappa shape index (κ3) is 23.3. The molecule has 0 aliphatic heterocycles. The lowest BCUT2D eigenvalue weighted by molar-refractivity contribution is -0.369. The monoisotopic (exact) mass is 576 g/mol. The van der Waals surface area contributed by atoms with Gasteiger partial charge >= 0.3 is 0 Å². The highest BCUT2D eigenvalue weighted by Crippen LogP contribution is 2.21. The lowest BCUT2D eigenvalue weighted by Gasteiger charge is -2.28. The molecule has 19 heteroatoms. The fourth-order valence-corrected chi connectivity index (χ4v) is 2.63. The molecule has 0 aromatic rings. The molecule has 5 unspecified atom stereocenters. The van der Waals surface area contributed by atoms with E-state index in [4.69, 9.17) is 66.6 Å². The second-order valence-electron chi connectivity index (χ2n) is 5.86. The summed E-state index contributed by atoms with van der Waals surface area (Å²) in [5, 5.41) is 26.9. The van der Waals surface area contributed by atoms with Crippen molar-refractivity contribution in [3.63, 3.8) is 0 Å². The van der Waals surface area contributed by atoms with Crippen molar-refractivity contribution in [2.45, 2.75) is 25.5 Å². The minimum absolute atomic E-state index is 0.00936. The summed E-state index contributed by atoms with van der Waals surface area (Å²) in [5.41, 5.74) is 0. The molecule has 17 nitrogen and oxygen atoms in total. The zero-order chi connectivity index (χ0) is 26.7. The molecule has 0 radical (unpaired) electrons. The van der Waals surface area contributed by atoms with Gasteiger partial charge in [-0.1, -0.05) is 0 Å². The molecule has 0 saturated heterocycles. The number of aliphatic hydroxyl groups excluding tert-OH is 2. The third-order valence-corrected chi connectivity index (χ3v) is 4.17. The number of aliphatic hydroxyl groups is 3. The second kappa shape index (κ2) is 26.8. The molecule has 0 rings (SSSR count). The van der Waals surface area contributed by atoms with Crippen molar-refractivity contribution in [1.29, 1.82) is 0 Å². The van der Waals surface area contributed by atoms with Crippen LogP contribution in [-0.4, -0.2) is 122 Å². The standard InChI is InChI=1S/C17H38O17P2/c1-17(20,34-36-3)32-14-31-15(29-12-27-10-24-7-22-5-19)16(33-35-2)30-13-28-11-26-9-25-8-23-6-21-4-18/h15-16,18-20,35-36H,4-14H2,1-3H3. The Balaban J connectivity index is 4.42. The Morgan fingerprint density at radius 2 is 1.00 bits per heavy atom. The predicted molar refractivity (Wildman–Crippen MR) is 120 cm³/mol. The van der Waals surface area contributed by atoms with Gasteiger partial charge in [-0.3, -0.25) is 0 Å². The minimum atomic E-state index is -1.86. The summed E-state index contributed by atoms with van der Waals surface area (Å²) in [6.07, 6.45) is -2.24. The average molecular weight is 576 g/mol. The molecule has 0 bridgehead atoms. The van der Waals surface area contributed by atoms with Crippen molar-refractivity contribution < 1.29 is 81.2 Å². The summed E-state index contributed by atoms with van der Waals surface area (Å²) in [4.78, 5) is 0. The van der Waals surface area contributed by atoms with Crippen LogP contribution < -0.4 is 0 Å². The first kappa shape index (κ1) is 36.2. The first-order valence-electron chi connectivity index (χ1n) is 10.2. The third-order valence-electron chi connectivity index (χ3n) is 3.12. The van der Waals surface area contributed by atoms with E-state index in [1.807, 2.05) is 0 Å². The van der Waals surface area contributed by atoms with E-state index in [1.165, 1.54) is 6.92 Å². The maximum absolute atomic E-state index is 9.94. The van der Waals surface area contributed by atoms with Gasteiger partial charge in [-0.2, -0.15) is 0 Å². The molecule has 0 aromatic carbocycles. The van der Waals surface area contributed by atoms with Gasteiger partial charge in [-0.15, -0.1) is 0 Å². The number of ether oxygens (including phenoxy) is 12. The van der Waals surface area contributed by atoms with E-state index in [-0.39, 0.29) is 72.0 Å². The van der Waals surface area contributed by atoms with Crippen LogP contribution in [0.2, 0.25) is 0 Å². The quantitative estimate of drug-likeness (QED) is 0.0586. The van der Waals surface area contributed by atoms with E-state index in [0.29, 0.717) is 0 Å². The Bertz CT molecular complexity index is 453. The topological polar surface area (TPSA) is 190 Å². The molecule has 0 fully saturated rings. The Morgan fingerprint density at radius 3 is 1.44 bits per heavy atom. The summed E-state index contributed by atoms with van der Waals surface area (Å²) in [7, 11) is -0.0296. The first-order valence-corrected chi connectivity index (χ1v) is 13.0. The molecule has 0 heterocycles. The zero-order valence-corrected chi connectivity index (χ0v) is 22.5. The molecule has 0 saturated carbocycles. The second-order valence-corrected chi connectivity index (χ2v) is 7.12. The van der Waals surface area contributed by atoms with Crippen LogP contribution in [0.15, 0.2) is 0 Å². The average Bonchev–Trinajstić information content (AvgIpc) is 2.85. The molecular formula is C17H38O17P2. The van der Waals surface area contributed by atoms with E-state index in [1.54, 1.807) is 13.3 Å². The number of hydrogen-bond donors (Lipinski definition) is 3. The Morgan fingerprint density at radius 1 is 0.583 bits per heavy atom. The van der Waals surface area contributed by atoms with Gasteiger partial charge in [-0.05, 0) is 13.3 Å². The van der Waals surface area contributed by atoms with Crippen molar-refractivity contribution >= 4 is 17.6 Å². The van der Waals surface area contributed by atoms with Gasteiger partial charge in [0.15, 0.2) is 61.1 Å². The molecule has 0 aromatic heterocycles. The van der Waals surface area contributed by atoms with Crippen molar-refractivity contribution in [2.75, 3.05) is 88.1 Å². The normalized spacial score (nSPS) is 15.8. The molecule has 5 atom stereocenters. The van der Waals surface area contributed by atoms with E-state index in [0.717, 1.165) is 0 Å². The van der Waals surface area contributed by atoms with E-state index < -0.39 is 38.9 Å². The van der Waals surface area contributed by atoms with Gasteiger partial charge in [-0.25, -0.2) is 0 Å². The van der Waals surface area contributed by atoms with Crippen LogP contribution in [0.1, 0.15) is 6.92 Å². The van der Waals surface area contributed by atoms with Gasteiger partial charge in [0.1, 0.15) is 13.6 Å². The van der Waals surface area contributed by atoms with Crippen molar-refractivity contribution in [3.8, 4) is 0 Å². The highest BCUT2D eigenvalue weighted by molar-refractivity contribution is 7.31. The smallest absolute Gasteiger partial charge is 0.282 e. The fraction of sp³-hybridized carbons (Fsp3) is 1.00. The highest BCUT2D eigenvalue weighted by Gasteiger charge is 2.28. The molecular weight excluding hydrogens is 538 g/mol. The zero-order valence-electron chi connectivity index (χ0n) is 20.5. The Labute approximate surface area is 213 Å². The molecule has 0 aliphatic rings. The SMILES string of the molecule is CPOC(OCOCOCOCOCOCO)C(OCOCOCOCO)OCOC(C)(O)OPC. The molecule has 0 spiro atoms. The Hall–Kier alpha value is 0.180. The van der Waals surface area contributed by atoms with Crippen molar-refractivity contribution in [2.24, 2.45) is 0 Å². The van der Waals surface area contributed by atoms with Crippen LogP contribution in [0.3, 0.4) is 0 Å². The van der Waals surface area contributed by atoms with Crippen LogP contribution in [-0.2, 0) is 65.9 Å². The summed E-state index contributed by atoms with van der Waals surface area (Å²) >= 11 is 0. The number of hydrogen-bond acceptors (Lipinski definition) is 17. The molecule has 36 heavy (non-hydrogen) atoms. The lowest BCUT2D eigenvalue weighted by Crippen LogP contribution is -2.38. The predicted octanol–water partition coefficient (Wildman–Crippen LogP) is -0.499.